The summed E-state index contributed by atoms with van der Waals surface area (Å²) in [6.07, 6.45) is 4.52. The van der Waals surface area contributed by atoms with Crippen LogP contribution in [-0.4, -0.2) is 20.6 Å². The van der Waals surface area contributed by atoms with E-state index < -0.39 is 12.0 Å². The van der Waals surface area contributed by atoms with Gasteiger partial charge in [0.2, 0.25) is 5.91 Å². The molecule has 0 aliphatic rings. The molecule has 5 nitrogen and oxygen atoms in total. The molecule has 0 aliphatic heterocycles. The van der Waals surface area contributed by atoms with Crippen LogP contribution in [0.2, 0.25) is 0 Å². The van der Waals surface area contributed by atoms with Crippen LogP contribution in [0, 0.1) is 27.7 Å². The Labute approximate surface area is 153 Å². The van der Waals surface area contributed by atoms with Crippen LogP contribution in [0.3, 0.4) is 0 Å². The van der Waals surface area contributed by atoms with E-state index in [1.165, 1.54) is 0 Å². The molecule has 0 bridgehead atoms. The summed E-state index contributed by atoms with van der Waals surface area (Å²) < 4.78 is 1.90. The summed E-state index contributed by atoms with van der Waals surface area (Å²) in [4.78, 5) is 15.7. The van der Waals surface area contributed by atoms with Gasteiger partial charge in [-0.1, -0.05) is 6.07 Å². The van der Waals surface area contributed by atoms with Crippen molar-refractivity contribution in [3.63, 3.8) is 0 Å². The second-order valence-electron chi connectivity index (χ2n) is 6.68. The summed E-state index contributed by atoms with van der Waals surface area (Å²) in [6.45, 7) is 7.65. The number of hydrogen-bond acceptors (Lipinski definition) is 3. The fraction of sp³-hybridized carbons (Fsp3) is 0.238. The number of aliphatic hydroxyl groups excluding tert-OH is 1. The van der Waals surface area contributed by atoms with E-state index in [9.17, 15) is 9.90 Å². The molecule has 1 unspecified atom stereocenters. The molecule has 2 aromatic carbocycles. The monoisotopic (exact) mass is 349 g/mol. The maximum absolute atomic E-state index is 11.7. The number of amides is 1. The summed E-state index contributed by atoms with van der Waals surface area (Å²) in [7, 11) is 0. The first-order chi connectivity index (χ1) is 12.3. The highest BCUT2D eigenvalue weighted by molar-refractivity contribution is 5.95. The van der Waals surface area contributed by atoms with Gasteiger partial charge in [0.25, 0.3) is 0 Å². The van der Waals surface area contributed by atoms with E-state index in [4.69, 9.17) is 5.73 Å². The van der Waals surface area contributed by atoms with E-state index in [0.717, 1.165) is 39.1 Å². The van der Waals surface area contributed by atoms with Crippen molar-refractivity contribution >= 4 is 5.91 Å². The van der Waals surface area contributed by atoms with Gasteiger partial charge in [0.05, 0.1) is 6.33 Å². The summed E-state index contributed by atoms with van der Waals surface area (Å²) >= 11 is 0. The molecule has 0 saturated heterocycles. The number of imidazole rings is 1. The van der Waals surface area contributed by atoms with Crippen molar-refractivity contribution in [3.05, 3.63) is 81.9 Å². The van der Waals surface area contributed by atoms with E-state index in [0.29, 0.717) is 5.56 Å². The molecule has 0 fully saturated rings. The quantitative estimate of drug-likeness (QED) is 0.758. The first-order valence-electron chi connectivity index (χ1n) is 8.48. The van der Waals surface area contributed by atoms with Crippen LogP contribution in [0.5, 0.6) is 0 Å². The van der Waals surface area contributed by atoms with Crippen LogP contribution in [0.4, 0.5) is 0 Å². The van der Waals surface area contributed by atoms with Gasteiger partial charge in [-0.05, 0) is 79.3 Å². The van der Waals surface area contributed by atoms with Gasteiger partial charge < -0.3 is 15.4 Å². The molecule has 1 aromatic heterocycles. The van der Waals surface area contributed by atoms with Gasteiger partial charge >= 0.3 is 0 Å². The van der Waals surface area contributed by atoms with Gasteiger partial charge in [0.15, 0.2) is 0 Å². The first-order valence-corrected chi connectivity index (χ1v) is 8.48. The number of benzene rings is 2. The zero-order chi connectivity index (χ0) is 19.0. The molecular weight excluding hydrogens is 326 g/mol. The molecule has 0 saturated carbocycles. The lowest BCUT2D eigenvalue weighted by Gasteiger charge is -2.22. The van der Waals surface area contributed by atoms with E-state index >= 15 is 0 Å². The van der Waals surface area contributed by atoms with Gasteiger partial charge in [-0.2, -0.15) is 0 Å². The number of carbonyl (C=O) groups excluding carboxylic acids is 1. The molecule has 134 valence electrons. The van der Waals surface area contributed by atoms with Crippen molar-refractivity contribution in [2.75, 3.05) is 0 Å². The van der Waals surface area contributed by atoms with E-state index in [1.807, 2.05) is 56.7 Å². The lowest BCUT2D eigenvalue weighted by Crippen LogP contribution is -2.16. The lowest BCUT2D eigenvalue weighted by atomic mass is 9.87. The van der Waals surface area contributed by atoms with Crippen LogP contribution in [0.1, 0.15) is 49.8 Å². The topological polar surface area (TPSA) is 81.1 Å². The summed E-state index contributed by atoms with van der Waals surface area (Å²) in [5, 5.41) is 11.2. The van der Waals surface area contributed by atoms with Crippen LogP contribution in [0.25, 0.3) is 5.69 Å². The molecular formula is C21H23N3O2. The number of nitrogens with two attached hydrogens (primary N) is 1. The van der Waals surface area contributed by atoms with Crippen molar-refractivity contribution in [3.8, 4) is 5.69 Å². The SMILES string of the molecule is Cc1ccc(-n2ccnc2)cc1C(O)c1c(C)cc(C(N)=O)c(C)c1C. The number of aliphatic hydroxyl groups is 1. The average Bonchev–Trinajstić information content (AvgIpc) is 3.12. The Balaban J connectivity index is 2.13. The van der Waals surface area contributed by atoms with E-state index in [1.54, 1.807) is 18.6 Å². The molecule has 3 rings (SSSR count). The van der Waals surface area contributed by atoms with Crippen molar-refractivity contribution in [2.24, 2.45) is 5.73 Å². The van der Waals surface area contributed by atoms with Crippen molar-refractivity contribution in [1.29, 1.82) is 0 Å². The Morgan fingerprint density at radius 3 is 2.46 bits per heavy atom. The zero-order valence-electron chi connectivity index (χ0n) is 15.4. The Bertz CT molecular complexity index is 975. The molecule has 26 heavy (non-hydrogen) atoms. The predicted octanol–water partition coefficient (Wildman–Crippen LogP) is 3.29. The molecule has 0 spiro atoms. The molecule has 5 heteroatoms. The van der Waals surface area contributed by atoms with Crippen LogP contribution in [-0.2, 0) is 0 Å². The maximum Gasteiger partial charge on any atom is 0.248 e. The number of carbonyl (C=O) groups is 1. The number of nitrogens with zero attached hydrogens (tertiary/aromatic N) is 2. The van der Waals surface area contributed by atoms with Gasteiger partial charge in [-0.3, -0.25) is 4.79 Å². The third-order valence-electron chi connectivity index (χ3n) is 5.06. The normalized spacial score (nSPS) is 12.2. The number of aryl methyl sites for hydroxylation is 2. The molecule has 1 atom stereocenters. The Morgan fingerprint density at radius 1 is 1.12 bits per heavy atom. The highest BCUT2D eigenvalue weighted by Gasteiger charge is 2.21. The predicted molar refractivity (Wildman–Crippen MR) is 102 cm³/mol. The zero-order valence-corrected chi connectivity index (χ0v) is 15.4. The second-order valence-corrected chi connectivity index (χ2v) is 6.68. The lowest BCUT2D eigenvalue weighted by molar-refractivity contribution is 0.0999. The van der Waals surface area contributed by atoms with E-state index in [2.05, 4.69) is 4.98 Å². The molecule has 1 amide bonds. The van der Waals surface area contributed by atoms with Crippen molar-refractivity contribution in [2.45, 2.75) is 33.8 Å². The van der Waals surface area contributed by atoms with Crippen LogP contribution in [0.15, 0.2) is 43.0 Å². The second kappa shape index (κ2) is 6.77. The third kappa shape index (κ3) is 3.02. The van der Waals surface area contributed by atoms with Crippen molar-refractivity contribution < 1.29 is 9.90 Å². The Morgan fingerprint density at radius 2 is 1.85 bits per heavy atom. The average molecular weight is 349 g/mol. The maximum atomic E-state index is 11.7. The highest BCUT2D eigenvalue weighted by atomic mass is 16.3. The Kier molecular flexibility index (Phi) is 4.66. The Hall–Kier alpha value is -2.92. The molecule has 0 radical (unpaired) electrons. The number of aromatic nitrogens is 2. The number of rotatable bonds is 4. The molecule has 3 N–H and O–H groups in total. The van der Waals surface area contributed by atoms with Crippen LogP contribution >= 0.6 is 0 Å². The highest BCUT2D eigenvalue weighted by Crippen LogP contribution is 2.33. The van der Waals surface area contributed by atoms with Gasteiger partial charge in [-0.25, -0.2) is 4.98 Å². The van der Waals surface area contributed by atoms with Gasteiger partial charge in [-0.15, -0.1) is 0 Å². The fourth-order valence-corrected chi connectivity index (χ4v) is 3.43. The molecule has 0 aliphatic carbocycles. The van der Waals surface area contributed by atoms with Gasteiger partial charge in [0, 0.05) is 23.6 Å². The summed E-state index contributed by atoms with van der Waals surface area (Å²) in [5.41, 5.74) is 12.1. The van der Waals surface area contributed by atoms with E-state index in [-0.39, 0.29) is 0 Å². The smallest absolute Gasteiger partial charge is 0.248 e. The fourth-order valence-electron chi connectivity index (χ4n) is 3.43. The number of hydrogen-bond donors (Lipinski definition) is 2. The van der Waals surface area contributed by atoms with Crippen LogP contribution < -0.4 is 5.73 Å². The molecule has 3 aromatic rings. The largest absolute Gasteiger partial charge is 0.384 e. The minimum absolute atomic E-state index is 0.451. The minimum atomic E-state index is -0.793. The van der Waals surface area contributed by atoms with Gasteiger partial charge in [0.1, 0.15) is 6.10 Å². The first kappa shape index (κ1) is 17.9. The van der Waals surface area contributed by atoms with Crippen molar-refractivity contribution in [1.82, 2.24) is 9.55 Å². The summed E-state index contributed by atoms with van der Waals surface area (Å²) in [5.74, 6) is -0.451. The summed E-state index contributed by atoms with van der Waals surface area (Å²) in [6, 6.07) is 7.72. The third-order valence-corrected chi connectivity index (χ3v) is 5.06. The standard InChI is InChI=1S/C21H23N3O2/c1-12-5-6-16(24-8-7-23-11-24)10-17(12)20(25)19-13(2)9-18(21(22)26)14(3)15(19)4/h5-11,20,25H,1-4H3,(H2,22,26). The minimum Gasteiger partial charge on any atom is -0.384 e. The molecule has 1 heterocycles. The number of primary amides is 1.